The van der Waals surface area contributed by atoms with Crippen molar-refractivity contribution in [1.82, 2.24) is 5.32 Å². The molecule has 1 aromatic rings. The predicted octanol–water partition coefficient (Wildman–Crippen LogP) is 2.46. The summed E-state index contributed by atoms with van der Waals surface area (Å²) < 4.78 is 0. The summed E-state index contributed by atoms with van der Waals surface area (Å²) in [7, 11) is 0. The summed E-state index contributed by atoms with van der Waals surface area (Å²) >= 11 is 0. The summed E-state index contributed by atoms with van der Waals surface area (Å²) in [5.41, 5.74) is 4.18. The molecule has 1 nitrogen and oxygen atoms in total. The molecule has 0 radical (unpaired) electrons. The van der Waals surface area contributed by atoms with Crippen molar-refractivity contribution in [1.29, 1.82) is 0 Å². The van der Waals surface area contributed by atoms with E-state index in [4.69, 9.17) is 0 Å². The van der Waals surface area contributed by atoms with Crippen LogP contribution in [0.4, 0.5) is 0 Å². The molecule has 0 fully saturated rings. The van der Waals surface area contributed by atoms with E-state index < -0.39 is 0 Å². The lowest BCUT2D eigenvalue weighted by molar-refractivity contribution is 0.716. The first-order chi connectivity index (χ1) is 6.22. The average molecular weight is 177 g/mol. The fourth-order valence-corrected chi connectivity index (χ4v) is 1.62. The Morgan fingerprint density at radius 1 is 1.08 bits per heavy atom. The molecule has 0 aliphatic heterocycles. The molecule has 0 aromatic heterocycles. The summed E-state index contributed by atoms with van der Waals surface area (Å²) in [6, 6.07) is 6.76. The van der Waals surface area contributed by atoms with Crippen LogP contribution in [-0.2, 0) is 6.42 Å². The van der Waals surface area contributed by atoms with Crippen LogP contribution in [0, 0.1) is 13.8 Å². The number of likely N-dealkylation sites (N-methyl/N-ethyl adjacent to an activating group) is 1. The third-order valence-electron chi connectivity index (χ3n) is 2.12. The van der Waals surface area contributed by atoms with Crippen molar-refractivity contribution >= 4 is 0 Å². The Morgan fingerprint density at radius 2 is 1.69 bits per heavy atom. The van der Waals surface area contributed by atoms with Gasteiger partial charge in [-0.05, 0) is 38.9 Å². The topological polar surface area (TPSA) is 12.0 Å². The lowest BCUT2D eigenvalue weighted by atomic mass is 10.1. The fraction of sp³-hybridized carbons (Fsp3) is 0.500. The van der Waals surface area contributed by atoms with Gasteiger partial charge in [0.25, 0.3) is 0 Å². The van der Waals surface area contributed by atoms with Crippen molar-refractivity contribution in [3.05, 3.63) is 34.9 Å². The fourth-order valence-electron chi connectivity index (χ4n) is 1.62. The van der Waals surface area contributed by atoms with Crippen LogP contribution < -0.4 is 5.32 Å². The van der Waals surface area contributed by atoms with Crippen LogP contribution in [0.1, 0.15) is 23.6 Å². The molecule has 0 unspecified atom stereocenters. The third kappa shape index (κ3) is 3.60. The maximum atomic E-state index is 3.34. The maximum Gasteiger partial charge on any atom is -0.000846 e. The van der Waals surface area contributed by atoms with Gasteiger partial charge in [0.15, 0.2) is 0 Å². The van der Waals surface area contributed by atoms with Crippen molar-refractivity contribution in [2.75, 3.05) is 13.1 Å². The van der Waals surface area contributed by atoms with E-state index in [2.05, 4.69) is 44.3 Å². The Morgan fingerprint density at radius 3 is 2.23 bits per heavy atom. The van der Waals surface area contributed by atoms with E-state index >= 15 is 0 Å². The van der Waals surface area contributed by atoms with Gasteiger partial charge in [-0.1, -0.05) is 36.2 Å². The molecule has 0 aliphatic carbocycles. The minimum Gasteiger partial charge on any atom is -0.317 e. The smallest absolute Gasteiger partial charge is 0.000846 e. The van der Waals surface area contributed by atoms with E-state index in [0.717, 1.165) is 19.5 Å². The second-order valence-corrected chi connectivity index (χ2v) is 3.60. The van der Waals surface area contributed by atoms with Crippen LogP contribution in [-0.4, -0.2) is 13.1 Å². The largest absolute Gasteiger partial charge is 0.317 e. The Kier molecular flexibility index (Phi) is 3.97. The zero-order chi connectivity index (χ0) is 9.68. The molecule has 0 heterocycles. The Labute approximate surface area is 81.2 Å². The highest BCUT2D eigenvalue weighted by molar-refractivity contribution is 5.28. The molecule has 1 N–H and O–H groups in total. The van der Waals surface area contributed by atoms with Gasteiger partial charge in [0.1, 0.15) is 0 Å². The van der Waals surface area contributed by atoms with Gasteiger partial charge in [-0.2, -0.15) is 0 Å². The monoisotopic (exact) mass is 177 g/mol. The molecule has 0 bridgehead atoms. The average Bonchev–Trinajstić information content (AvgIpc) is 2.03. The molecule has 0 atom stereocenters. The van der Waals surface area contributed by atoms with Crippen molar-refractivity contribution in [2.24, 2.45) is 0 Å². The molecule has 0 saturated carbocycles. The highest BCUT2D eigenvalue weighted by Gasteiger charge is 1.94. The van der Waals surface area contributed by atoms with Crippen LogP contribution in [0.25, 0.3) is 0 Å². The summed E-state index contributed by atoms with van der Waals surface area (Å²) in [6.45, 7) is 8.60. The zero-order valence-corrected chi connectivity index (χ0v) is 8.85. The number of hydrogen-bond acceptors (Lipinski definition) is 1. The quantitative estimate of drug-likeness (QED) is 0.697. The lowest BCUT2D eigenvalue weighted by Gasteiger charge is -2.05. The van der Waals surface area contributed by atoms with E-state index in [9.17, 15) is 0 Å². The first-order valence-corrected chi connectivity index (χ1v) is 5.00. The highest BCUT2D eigenvalue weighted by atomic mass is 14.8. The van der Waals surface area contributed by atoms with E-state index in [1.165, 1.54) is 16.7 Å². The van der Waals surface area contributed by atoms with Crippen LogP contribution in [0.15, 0.2) is 18.2 Å². The van der Waals surface area contributed by atoms with Crippen molar-refractivity contribution in [2.45, 2.75) is 27.2 Å². The first-order valence-electron chi connectivity index (χ1n) is 5.00. The molecule has 1 heteroatoms. The third-order valence-corrected chi connectivity index (χ3v) is 2.12. The minimum absolute atomic E-state index is 1.06. The van der Waals surface area contributed by atoms with Gasteiger partial charge in [-0.15, -0.1) is 0 Å². The Balaban J connectivity index is 2.56. The molecule has 0 amide bonds. The molecule has 1 aromatic carbocycles. The summed E-state index contributed by atoms with van der Waals surface area (Å²) in [5, 5.41) is 3.34. The molecular weight excluding hydrogens is 158 g/mol. The predicted molar refractivity (Wildman–Crippen MR) is 58.2 cm³/mol. The SMILES string of the molecule is CCNCCc1cc(C)cc(C)c1. The van der Waals surface area contributed by atoms with Crippen LogP contribution in [0.3, 0.4) is 0 Å². The number of rotatable bonds is 4. The molecular formula is C12H19N. The molecule has 0 spiro atoms. The van der Waals surface area contributed by atoms with Crippen LogP contribution in [0.5, 0.6) is 0 Å². The van der Waals surface area contributed by atoms with Crippen molar-refractivity contribution in [3.8, 4) is 0 Å². The second-order valence-electron chi connectivity index (χ2n) is 3.60. The normalized spacial score (nSPS) is 10.4. The first kappa shape index (κ1) is 10.3. The zero-order valence-electron chi connectivity index (χ0n) is 8.85. The maximum absolute atomic E-state index is 3.34. The van der Waals surface area contributed by atoms with E-state index in [-0.39, 0.29) is 0 Å². The molecule has 72 valence electrons. The summed E-state index contributed by atoms with van der Waals surface area (Å²) in [5.74, 6) is 0. The van der Waals surface area contributed by atoms with E-state index in [1.807, 2.05) is 0 Å². The van der Waals surface area contributed by atoms with Crippen LogP contribution >= 0.6 is 0 Å². The molecule has 0 aliphatic rings. The van der Waals surface area contributed by atoms with Crippen molar-refractivity contribution in [3.63, 3.8) is 0 Å². The van der Waals surface area contributed by atoms with Gasteiger partial charge < -0.3 is 5.32 Å². The highest BCUT2D eigenvalue weighted by Crippen LogP contribution is 2.08. The van der Waals surface area contributed by atoms with E-state index in [1.54, 1.807) is 0 Å². The molecule has 0 saturated heterocycles. The standard InChI is InChI=1S/C12H19N/c1-4-13-6-5-12-8-10(2)7-11(3)9-12/h7-9,13H,4-6H2,1-3H3. The van der Waals surface area contributed by atoms with Gasteiger partial charge in [0.2, 0.25) is 0 Å². The van der Waals surface area contributed by atoms with Gasteiger partial charge in [0.05, 0.1) is 0 Å². The number of nitrogens with one attached hydrogen (secondary N) is 1. The molecule has 13 heavy (non-hydrogen) atoms. The van der Waals surface area contributed by atoms with Gasteiger partial charge >= 0.3 is 0 Å². The minimum atomic E-state index is 1.06. The Bertz CT molecular complexity index is 246. The second kappa shape index (κ2) is 5.03. The Hall–Kier alpha value is -0.820. The lowest BCUT2D eigenvalue weighted by Crippen LogP contribution is -2.16. The number of aryl methyl sites for hydroxylation is 2. The number of hydrogen-bond donors (Lipinski definition) is 1. The van der Waals surface area contributed by atoms with Gasteiger partial charge in [-0.25, -0.2) is 0 Å². The van der Waals surface area contributed by atoms with Gasteiger partial charge in [-0.3, -0.25) is 0 Å². The summed E-state index contributed by atoms with van der Waals surface area (Å²) in [4.78, 5) is 0. The van der Waals surface area contributed by atoms with E-state index in [0.29, 0.717) is 0 Å². The van der Waals surface area contributed by atoms with Gasteiger partial charge in [0, 0.05) is 0 Å². The molecule has 1 rings (SSSR count). The number of benzene rings is 1. The van der Waals surface area contributed by atoms with Crippen LogP contribution in [0.2, 0.25) is 0 Å². The summed E-state index contributed by atoms with van der Waals surface area (Å²) in [6.07, 6.45) is 1.14. The van der Waals surface area contributed by atoms with Crippen molar-refractivity contribution < 1.29 is 0 Å².